The lowest BCUT2D eigenvalue weighted by Crippen LogP contribution is -2.37. The van der Waals surface area contributed by atoms with E-state index in [2.05, 4.69) is 124 Å². The number of nitrogens with zero attached hydrogens (tertiary/aromatic N) is 4. The number of fused-ring (bicyclic) bond motifs is 4. The molecule has 11 aromatic rings. The minimum absolute atomic E-state index is 0.178. The Hall–Kier alpha value is -14.5. The van der Waals surface area contributed by atoms with E-state index in [1.54, 1.807) is 62.4 Å². The zero-order valence-corrected chi connectivity index (χ0v) is 60.7. The molecule has 4 heterocycles. The van der Waals surface area contributed by atoms with Crippen LogP contribution in [0.2, 0.25) is 20.1 Å². The molecule has 0 aliphatic carbocycles. The number of amides is 8. The molecule has 17 nitrogen and oxygen atoms in total. The second-order valence-electron chi connectivity index (χ2n) is 23.8. The van der Waals surface area contributed by atoms with Crippen molar-refractivity contribution in [2.45, 2.75) is 13.8 Å². The van der Waals surface area contributed by atoms with Gasteiger partial charge < -0.3 is 24.1 Å². The third-order valence-electron chi connectivity index (χ3n) is 18.0. The molecule has 0 bridgehead atoms. The largest absolute Gasteiger partial charge is 0.508 e. The van der Waals surface area contributed by atoms with Crippen LogP contribution in [0.3, 0.4) is 0 Å². The van der Waals surface area contributed by atoms with E-state index in [0.29, 0.717) is 97.7 Å². The molecule has 0 aromatic heterocycles. The van der Waals surface area contributed by atoms with E-state index in [4.69, 9.17) is 89.7 Å². The van der Waals surface area contributed by atoms with Crippen molar-refractivity contribution in [3.05, 3.63) is 143 Å². The first-order chi connectivity index (χ1) is 52.6. The number of hydrogen-bond acceptors (Lipinski definition) is 13. The monoisotopic (exact) mass is 1500 g/mol. The number of phenols is 1. The fraction of sp³-hybridized carbons (Fsp3) is 0.114. The van der Waals surface area contributed by atoms with Gasteiger partial charge in [0.25, 0.3) is 47.3 Å². The first-order valence-corrected chi connectivity index (χ1v) is 33.9. The number of rotatable bonds is 8. The predicted molar refractivity (Wildman–Crippen MR) is 418 cm³/mol. The van der Waals surface area contributed by atoms with Gasteiger partial charge >= 0.3 is 0 Å². The summed E-state index contributed by atoms with van der Waals surface area (Å²) in [6.45, 7) is 3.60. The Morgan fingerprint density at radius 1 is 0.312 bits per heavy atom. The van der Waals surface area contributed by atoms with Crippen LogP contribution in [0.5, 0.6) is 28.7 Å². The van der Waals surface area contributed by atoms with Gasteiger partial charge in [0.2, 0.25) is 0 Å². The number of aromatic hydroxyl groups is 1. The Morgan fingerprint density at radius 2 is 0.550 bits per heavy atom. The van der Waals surface area contributed by atoms with E-state index < -0.39 is 47.3 Å². The Labute approximate surface area is 641 Å². The van der Waals surface area contributed by atoms with Crippen molar-refractivity contribution in [2.75, 3.05) is 54.6 Å². The van der Waals surface area contributed by atoms with Crippen molar-refractivity contribution in [1.82, 2.24) is 19.6 Å². The van der Waals surface area contributed by atoms with Crippen LogP contribution in [0.15, 0.2) is 72.8 Å². The smallest absolute Gasteiger partial charge is 0.261 e. The molecule has 4 aliphatic heterocycles. The predicted octanol–water partition coefficient (Wildman–Crippen LogP) is 13.2. The maximum absolute atomic E-state index is 14.0. The molecule has 0 saturated heterocycles. The molecule has 520 valence electrons. The van der Waals surface area contributed by atoms with Gasteiger partial charge in [-0.2, -0.15) is 0 Å². The topological polar surface area (TPSA) is 207 Å². The summed E-state index contributed by atoms with van der Waals surface area (Å²) in [4.78, 5) is 112. The number of imide groups is 4. The summed E-state index contributed by atoms with van der Waals surface area (Å²) in [5.41, 5.74) is 2.60. The molecule has 0 radical (unpaired) electrons. The standard InChI is InChI=1S/C48H26N2O8.C26H10Cl4N2O4.C14H6O/c1-7-11-13-15-17-19-21-23-57-35-27-31-37-29(45(51)49(5)47(31)53)25-33(55-9-3)39-40-34(56-10-4)26-30-38-32(48(54)50(6)46(30)52)28-36(42(44(38)40)41(35)43(37)39)58-24-22-20-18-16-14-12-8-2;1-31-23(33)7-3-11(27)17-19-13(29)5-9-16-10(26(36)32(2)25(9)35)6-14(30)20(22(16)19)18-12(28)4-8(24(31)34)15(7)21(17)18;1-2-3-4-5-6-7-8-13-9-11-14(15)12-10-13/h1-2,25-28H,9-10,23-24H2,3-6H3;3-6H,1-2H3;1,9-12,15H. The molecule has 0 spiro atoms. The molecular formula is C88H42Cl4N4O13. The quantitative estimate of drug-likeness (QED) is 0.0651. The zero-order valence-electron chi connectivity index (χ0n) is 57.6. The van der Waals surface area contributed by atoms with Crippen molar-refractivity contribution in [3.8, 4) is 172 Å². The Bertz CT molecular complexity index is 6450. The molecule has 0 unspecified atom stereocenters. The molecule has 15 rings (SSSR count). The van der Waals surface area contributed by atoms with Crippen molar-refractivity contribution >= 4 is 180 Å². The van der Waals surface area contributed by atoms with Gasteiger partial charge in [-0.05, 0) is 205 Å². The van der Waals surface area contributed by atoms with Crippen LogP contribution < -0.4 is 18.9 Å². The normalized spacial score (nSPS) is 12.4. The molecule has 8 amide bonds. The minimum atomic E-state index is -0.562. The van der Waals surface area contributed by atoms with Gasteiger partial charge in [-0.25, -0.2) is 0 Å². The van der Waals surface area contributed by atoms with Crippen LogP contribution in [-0.4, -0.2) is 127 Å². The highest BCUT2D eigenvalue weighted by molar-refractivity contribution is 6.56. The molecule has 0 atom stereocenters. The summed E-state index contributed by atoms with van der Waals surface area (Å²) >= 11 is 27.2. The summed E-state index contributed by atoms with van der Waals surface area (Å²) in [5, 5.41) is 16.7. The van der Waals surface area contributed by atoms with E-state index in [-0.39, 0.29) is 108 Å². The van der Waals surface area contributed by atoms with E-state index in [1.165, 1.54) is 52.5 Å². The van der Waals surface area contributed by atoms with E-state index >= 15 is 0 Å². The number of carbonyl (C=O) groups excluding carboxylic acids is 8. The number of hydrogen-bond donors (Lipinski definition) is 1. The molecule has 0 saturated carbocycles. The summed E-state index contributed by atoms with van der Waals surface area (Å²) in [6.07, 6.45) is 15.2. The second-order valence-corrected chi connectivity index (χ2v) is 25.4. The molecular weight excluding hydrogens is 1460 g/mol. The first kappa shape index (κ1) is 72.8. The number of carbonyl (C=O) groups is 8. The van der Waals surface area contributed by atoms with Gasteiger partial charge in [0.05, 0.1) is 57.7 Å². The highest BCUT2D eigenvalue weighted by Gasteiger charge is 2.42. The second kappa shape index (κ2) is 29.5. The fourth-order valence-corrected chi connectivity index (χ4v) is 14.8. The SMILES string of the molecule is C#CC#CC#CC#CCOc1cc2c3c(cc(OCC)c4c5c(OCC)cc6c7c(cc(OCC#CC#CC#CC#C)c(c1c34)c75)C(=O)N(C)C6=O)C(=O)N(C)C2=O.C#CC#CC#CC#Cc1ccc(O)cc1.CN1C(=O)c2cc(Cl)c3c4c(Cl)cc5c6c(cc(Cl)c(c7c(Cl)cc(c2c37)C1=O)c64)C(=O)N(C)C5=O. The maximum Gasteiger partial charge on any atom is 0.261 e. The van der Waals surface area contributed by atoms with Crippen molar-refractivity contribution in [3.63, 3.8) is 0 Å². The lowest BCUT2D eigenvalue weighted by molar-refractivity contribution is 0.0635. The van der Waals surface area contributed by atoms with Gasteiger partial charge in [0, 0.05) is 140 Å². The maximum atomic E-state index is 14.0. The Kier molecular flexibility index (Phi) is 19.7. The molecule has 21 heteroatoms. The highest BCUT2D eigenvalue weighted by Crippen LogP contribution is 2.58. The summed E-state index contributed by atoms with van der Waals surface area (Å²) < 4.78 is 25.4. The molecule has 109 heavy (non-hydrogen) atoms. The van der Waals surface area contributed by atoms with Crippen LogP contribution >= 0.6 is 46.4 Å². The van der Waals surface area contributed by atoms with Crippen LogP contribution in [0.1, 0.15) is 102 Å². The molecule has 1 N–H and O–H groups in total. The van der Waals surface area contributed by atoms with Crippen LogP contribution in [-0.2, 0) is 0 Å². The number of benzene rings is 11. The van der Waals surface area contributed by atoms with Crippen molar-refractivity contribution in [2.24, 2.45) is 0 Å². The van der Waals surface area contributed by atoms with E-state index in [1.807, 2.05) is 0 Å². The van der Waals surface area contributed by atoms with Crippen LogP contribution in [0.4, 0.5) is 0 Å². The van der Waals surface area contributed by atoms with Crippen molar-refractivity contribution in [1.29, 1.82) is 0 Å². The van der Waals surface area contributed by atoms with Gasteiger partial charge in [0.15, 0.2) is 0 Å². The highest BCUT2D eigenvalue weighted by atomic mass is 35.5. The minimum Gasteiger partial charge on any atom is -0.508 e. The Balaban J connectivity index is 0.000000172. The summed E-state index contributed by atoms with van der Waals surface area (Å²) in [5.74, 6) is 49.7. The van der Waals surface area contributed by atoms with E-state index in [9.17, 15) is 38.4 Å². The lowest BCUT2D eigenvalue weighted by Gasteiger charge is -2.31. The van der Waals surface area contributed by atoms with Crippen molar-refractivity contribution < 1.29 is 62.4 Å². The third kappa shape index (κ3) is 12.2. The average molecular weight is 1510 g/mol. The van der Waals surface area contributed by atoms with Gasteiger partial charge in [-0.1, -0.05) is 52.3 Å². The first-order valence-electron chi connectivity index (χ1n) is 32.3. The summed E-state index contributed by atoms with van der Waals surface area (Å²) in [6, 6.07) is 18.9. The zero-order chi connectivity index (χ0) is 77.5. The number of halogens is 4. The average Bonchev–Trinajstić information content (AvgIpc) is 0.681. The number of phenolic OH excluding ortho intramolecular Hbond substituents is 1. The van der Waals surface area contributed by atoms with Gasteiger partial charge in [-0.3, -0.25) is 58.0 Å². The van der Waals surface area contributed by atoms with Crippen LogP contribution in [0.25, 0.3) is 86.2 Å². The third-order valence-corrected chi connectivity index (χ3v) is 19.2. The molecule has 4 aliphatic rings. The van der Waals surface area contributed by atoms with Gasteiger partial charge in [0.1, 0.15) is 42.0 Å². The van der Waals surface area contributed by atoms with E-state index in [0.717, 1.165) is 25.2 Å². The van der Waals surface area contributed by atoms with Gasteiger partial charge in [-0.15, -0.1) is 19.3 Å². The number of ether oxygens (including phenoxy) is 4. The lowest BCUT2D eigenvalue weighted by atomic mass is 9.80. The molecule has 11 aromatic carbocycles. The summed E-state index contributed by atoms with van der Waals surface area (Å²) in [7, 11) is 5.59. The van der Waals surface area contributed by atoms with Crippen LogP contribution in [0, 0.1) is 144 Å². The Morgan fingerprint density at radius 3 is 0.826 bits per heavy atom. The number of terminal acetylenes is 3. The molecule has 0 fully saturated rings. The fourth-order valence-electron chi connectivity index (χ4n) is 13.6.